The molecule has 0 atom stereocenters. The van der Waals surface area contributed by atoms with E-state index in [-0.39, 0.29) is 12.8 Å². The molecule has 5 nitrogen and oxygen atoms in total. The zero-order valence-electron chi connectivity index (χ0n) is 11.4. The molecule has 0 amide bonds. The third kappa shape index (κ3) is 3.10. The third-order valence-electron chi connectivity index (χ3n) is 3.96. The second kappa shape index (κ2) is 5.53. The van der Waals surface area contributed by atoms with Gasteiger partial charge in [0.1, 0.15) is 5.75 Å². The van der Waals surface area contributed by atoms with Crippen LogP contribution in [0.4, 0.5) is 0 Å². The Balaban J connectivity index is 2.32. The fourth-order valence-electron chi connectivity index (χ4n) is 3.04. The normalized spacial score (nSPS) is 16.2. The van der Waals surface area contributed by atoms with E-state index in [1.165, 1.54) is 0 Å². The molecular weight excluding hydrogens is 260 g/mol. The highest BCUT2D eigenvalue weighted by Crippen LogP contribution is 2.42. The van der Waals surface area contributed by atoms with Crippen molar-refractivity contribution in [2.24, 2.45) is 5.41 Å². The van der Waals surface area contributed by atoms with Crippen LogP contribution in [0.25, 0.3) is 0 Å². The smallest absolute Gasteiger partial charge is 0.303 e. The van der Waals surface area contributed by atoms with Crippen molar-refractivity contribution >= 4 is 11.9 Å². The van der Waals surface area contributed by atoms with E-state index in [9.17, 15) is 9.59 Å². The molecule has 108 valence electrons. The summed E-state index contributed by atoms with van der Waals surface area (Å²) in [5, 5.41) is 18.1. The number of carboxylic acid groups (broad SMARTS) is 2. The van der Waals surface area contributed by atoms with Crippen molar-refractivity contribution in [1.82, 2.24) is 0 Å². The first kappa shape index (κ1) is 14.4. The number of fused-ring (bicyclic) bond motifs is 1. The predicted octanol–water partition coefficient (Wildman–Crippen LogP) is 2.12. The molecule has 0 bridgehead atoms. The fourth-order valence-corrected chi connectivity index (χ4v) is 3.04. The molecule has 0 saturated carbocycles. The Morgan fingerprint density at radius 2 is 1.85 bits per heavy atom. The standard InChI is InChI=1S/C15H18O5/c1-20-12-3-2-10-4-5-15(8-13(16)17,9-14(18)19)7-11(10)6-12/h2-3,6H,4-5,7-9H2,1H3,(H,16,17)(H,18,19). The first-order chi connectivity index (χ1) is 9.44. The Kier molecular flexibility index (Phi) is 3.97. The van der Waals surface area contributed by atoms with Gasteiger partial charge in [0.05, 0.1) is 20.0 Å². The van der Waals surface area contributed by atoms with Crippen LogP contribution in [-0.4, -0.2) is 29.3 Å². The van der Waals surface area contributed by atoms with E-state index in [0.29, 0.717) is 25.0 Å². The molecule has 0 spiro atoms. The maximum Gasteiger partial charge on any atom is 0.303 e. The minimum absolute atomic E-state index is 0.115. The summed E-state index contributed by atoms with van der Waals surface area (Å²) in [6.45, 7) is 0. The van der Waals surface area contributed by atoms with Gasteiger partial charge in [0, 0.05) is 0 Å². The number of hydrogen-bond donors (Lipinski definition) is 2. The van der Waals surface area contributed by atoms with E-state index >= 15 is 0 Å². The highest BCUT2D eigenvalue weighted by Gasteiger charge is 2.38. The zero-order valence-corrected chi connectivity index (χ0v) is 11.4. The van der Waals surface area contributed by atoms with Crippen LogP contribution in [0.3, 0.4) is 0 Å². The molecule has 0 unspecified atom stereocenters. The van der Waals surface area contributed by atoms with E-state index in [0.717, 1.165) is 11.1 Å². The zero-order chi connectivity index (χ0) is 14.8. The summed E-state index contributed by atoms with van der Waals surface area (Å²) in [7, 11) is 1.58. The average Bonchev–Trinajstić information content (AvgIpc) is 2.35. The summed E-state index contributed by atoms with van der Waals surface area (Å²) in [5.41, 5.74) is 1.45. The summed E-state index contributed by atoms with van der Waals surface area (Å²) in [6, 6.07) is 5.73. The van der Waals surface area contributed by atoms with Gasteiger partial charge in [0.25, 0.3) is 0 Å². The Bertz CT molecular complexity index is 519. The molecule has 0 aromatic heterocycles. The molecule has 0 saturated heterocycles. The van der Waals surface area contributed by atoms with Gasteiger partial charge in [-0.25, -0.2) is 0 Å². The van der Waals surface area contributed by atoms with Crippen LogP contribution in [0.15, 0.2) is 18.2 Å². The van der Waals surface area contributed by atoms with Crippen molar-refractivity contribution in [3.8, 4) is 5.75 Å². The summed E-state index contributed by atoms with van der Waals surface area (Å²) in [6.07, 6.45) is 1.54. The first-order valence-electron chi connectivity index (χ1n) is 6.53. The van der Waals surface area contributed by atoms with Crippen molar-refractivity contribution in [1.29, 1.82) is 0 Å². The number of rotatable bonds is 5. The van der Waals surface area contributed by atoms with Gasteiger partial charge in [-0.15, -0.1) is 0 Å². The van der Waals surface area contributed by atoms with Gasteiger partial charge in [0.2, 0.25) is 0 Å². The van der Waals surface area contributed by atoms with Gasteiger partial charge < -0.3 is 14.9 Å². The van der Waals surface area contributed by atoms with Crippen LogP contribution >= 0.6 is 0 Å². The second-order valence-electron chi connectivity index (χ2n) is 5.45. The molecule has 1 aromatic carbocycles. The van der Waals surface area contributed by atoms with E-state index in [2.05, 4.69) is 0 Å². The molecule has 0 heterocycles. The summed E-state index contributed by atoms with van der Waals surface area (Å²) in [5.74, 6) is -1.18. The molecule has 0 radical (unpaired) electrons. The first-order valence-corrected chi connectivity index (χ1v) is 6.53. The van der Waals surface area contributed by atoms with Gasteiger partial charge in [-0.05, 0) is 47.9 Å². The van der Waals surface area contributed by atoms with Gasteiger partial charge in [-0.2, -0.15) is 0 Å². The lowest BCUT2D eigenvalue weighted by Crippen LogP contribution is -2.34. The summed E-state index contributed by atoms with van der Waals surface area (Å²) in [4.78, 5) is 22.1. The van der Waals surface area contributed by atoms with Crippen molar-refractivity contribution in [3.05, 3.63) is 29.3 Å². The number of carbonyl (C=O) groups is 2. The molecule has 1 aliphatic rings. The molecule has 2 N–H and O–H groups in total. The SMILES string of the molecule is COc1ccc2c(c1)CC(CC(=O)O)(CC(=O)O)CC2. The quantitative estimate of drug-likeness (QED) is 0.862. The lowest BCUT2D eigenvalue weighted by atomic mass is 9.67. The van der Waals surface area contributed by atoms with E-state index in [1.807, 2.05) is 18.2 Å². The Hall–Kier alpha value is -2.04. The number of methoxy groups -OCH3 is 1. The minimum atomic E-state index is -0.947. The van der Waals surface area contributed by atoms with Crippen molar-refractivity contribution in [2.75, 3.05) is 7.11 Å². The van der Waals surface area contributed by atoms with Crippen LogP contribution in [0.2, 0.25) is 0 Å². The maximum atomic E-state index is 11.1. The van der Waals surface area contributed by atoms with Gasteiger partial charge in [-0.1, -0.05) is 6.07 Å². The van der Waals surface area contributed by atoms with Crippen molar-refractivity contribution < 1.29 is 24.5 Å². The lowest BCUT2D eigenvalue weighted by molar-refractivity contribution is -0.144. The van der Waals surface area contributed by atoms with Crippen molar-refractivity contribution in [2.45, 2.75) is 32.1 Å². The molecule has 2 rings (SSSR count). The Morgan fingerprint density at radius 1 is 1.20 bits per heavy atom. The van der Waals surface area contributed by atoms with Gasteiger partial charge in [0.15, 0.2) is 0 Å². The van der Waals surface area contributed by atoms with Gasteiger partial charge in [-0.3, -0.25) is 9.59 Å². The number of ether oxygens (including phenoxy) is 1. The van der Waals surface area contributed by atoms with Crippen LogP contribution in [0.5, 0.6) is 5.75 Å². The minimum Gasteiger partial charge on any atom is -0.497 e. The Labute approximate surface area is 117 Å². The van der Waals surface area contributed by atoms with E-state index in [4.69, 9.17) is 14.9 Å². The second-order valence-corrected chi connectivity index (χ2v) is 5.45. The van der Waals surface area contributed by atoms with E-state index < -0.39 is 17.4 Å². The summed E-state index contributed by atoms with van der Waals surface area (Å²) >= 11 is 0. The molecule has 0 aliphatic heterocycles. The number of benzene rings is 1. The molecule has 20 heavy (non-hydrogen) atoms. The van der Waals surface area contributed by atoms with Crippen LogP contribution in [0, 0.1) is 5.41 Å². The topological polar surface area (TPSA) is 83.8 Å². The number of hydrogen-bond acceptors (Lipinski definition) is 3. The average molecular weight is 278 g/mol. The predicted molar refractivity (Wildman–Crippen MR) is 72.0 cm³/mol. The number of aliphatic carboxylic acids is 2. The van der Waals surface area contributed by atoms with Crippen molar-refractivity contribution in [3.63, 3.8) is 0 Å². The van der Waals surface area contributed by atoms with Crippen LogP contribution < -0.4 is 4.74 Å². The van der Waals surface area contributed by atoms with Gasteiger partial charge >= 0.3 is 11.9 Å². The molecule has 1 aliphatic carbocycles. The summed E-state index contributed by atoms with van der Waals surface area (Å²) < 4.78 is 5.18. The Morgan fingerprint density at radius 3 is 2.40 bits per heavy atom. The van der Waals surface area contributed by atoms with E-state index in [1.54, 1.807) is 7.11 Å². The highest BCUT2D eigenvalue weighted by molar-refractivity contribution is 5.72. The lowest BCUT2D eigenvalue weighted by Gasteiger charge is -2.36. The van der Waals surface area contributed by atoms with Crippen LogP contribution in [-0.2, 0) is 22.4 Å². The molecule has 5 heteroatoms. The molecule has 1 aromatic rings. The highest BCUT2D eigenvalue weighted by atomic mass is 16.5. The molecule has 0 fully saturated rings. The monoisotopic (exact) mass is 278 g/mol. The number of carboxylic acids is 2. The molecular formula is C15H18O5. The largest absolute Gasteiger partial charge is 0.497 e. The fraction of sp³-hybridized carbons (Fsp3) is 0.467. The third-order valence-corrected chi connectivity index (χ3v) is 3.96. The number of aryl methyl sites for hydroxylation is 1. The maximum absolute atomic E-state index is 11.1. The van der Waals surface area contributed by atoms with Crippen LogP contribution in [0.1, 0.15) is 30.4 Å².